The second kappa shape index (κ2) is 16.7. The Balaban J connectivity index is 1.87. The van der Waals surface area contributed by atoms with E-state index in [4.69, 9.17) is 14.2 Å². The molecular formula is C35H46N2O7. The summed E-state index contributed by atoms with van der Waals surface area (Å²) in [5.74, 6) is -0.905. The molecule has 1 aliphatic heterocycles. The van der Waals surface area contributed by atoms with E-state index in [0.717, 1.165) is 54.0 Å². The molecule has 1 aliphatic rings. The molecule has 1 saturated heterocycles. The Bertz CT molecular complexity index is 1340. The highest BCUT2D eigenvalue weighted by Crippen LogP contribution is 2.41. The van der Waals surface area contributed by atoms with E-state index in [1.807, 2.05) is 42.5 Å². The van der Waals surface area contributed by atoms with Crippen molar-refractivity contribution >= 4 is 34.8 Å². The average molecular weight is 607 g/mol. The molecule has 0 unspecified atom stereocenters. The Morgan fingerprint density at radius 1 is 1.02 bits per heavy atom. The van der Waals surface area contributed by atoms with Gasteiger partial charge in [-0.1, -0.05) is 49.8 Å². The van der Waals surface area contributed by atoms with Crippen LogP contribution in [0.15, 0.2) is 62.2 Å². The first-order valence-electron chi connectivity index (χ1n) is 15.2. The number of ether oxygens (including phenoxy) is 3. The van der Waals surface area contributed by atoms with Crippen LogP contribution in [0.1, 0.15) is 68.9 Å². The smallest absolute Gasteiger partial charge is 0.407 e. The fraction of sp³-hybridized carbons (Fsp3) is 0.457. The molecule has 3 atom stereocenters. The summed E-state index contributed by atoms with van der Waals surface area (Å²) >= 11 is 0. The molecule has 0 aliphatic carbocycles. The largest absolute Gasteiger partial charge is 0.496 e. The van der Waals surface area contributed by atoms with Crippen molar-refractivity contribution in [2.45, 2.75) is 75.5 Å². The highest BCUT2D eigenvalue weighted by atomic mass is 16.5. The van der Waals surface area contributed by atoms with Crippen LogP contribution < -0.4 is 10.1 Å². The van der Waals surface area contributed by atoms with E-state index in [1.54, 1.807) is 13.2 Å². The van der Waals surface area contributed by atoms with Crippen molar-refractivity contribution in [1.29, 1.82) is 0 Å². The molecule has 0 aromatic heterocycles. The van der Waals surface area contributed by atoms with E-state index in [1.165, 1.54) is 12.0 Å². The van der Waals surface area contributed by atoms with Crippen molar-refractivity contribution in [1.82, 2.24) is 10.2 Å². The number of carbonyl (C=O) groups is 3. The lowest BCUT2D eigenvalue weighted by atomic mass is 9.89. The van der Waals surface area contributed by atoms with Gasteiger partial charge in [0.25, 0.3) is 0 Å². The summed E-state index contributed by atoms with van der Waals surface area (Å²) in [6.07, 6.45) is 10.7. The van der Waals surface area contributed by atoms with Gasteiger partial charge in [-0.25, -0.2) is 9.59 Å². The third-order valence-corrected chi connectivity index (χ3v) is 8.25. The van der Waals surface area contributed by atoms with E-state index in [2.05, 4.69) is 25.1 Å². The van der Waals surface area contributed by atoms with Crippen LogP contribution in [0.4, 0.5) is 4.79 Å². The number of amides is 2. The number of carboxylic acids is 1. The summed E-state index contributed by atoms with van der Waals surface area (Å²) in [5, 5.41) is 14.8. The summed E-state index contributed by atoms with van der Waals surface area (Å²) in [6, 6.07) is 7.58. The van der Waals surface area contributed by atoms with Crippen LogP contribution in [0.2, 0.25) is 0 Å². The SMILES string of the molecule is C=CCCCCC[C@H](NC(=O)OCCCCC=C)C(=O)N1C[C@](OC)(c2ccc3cc(OC)c(C=C)cc3c2)C[C@H]1C(=O)O. The number of likely N-dealkylation sites (tertiary alicyclic amines) is 1. The Labute approximate surface area is 260 Å². The van der Waals surface area contributed by atoms with Crippen LogP contribution in [0.25, 0.3) is 16.8 Å². The first-order valence-corrected chi connectivity index (χ1v) is 15.2. The Morgan fingerprint density at radius 3 is 2.39 bits per heavy atom. The lowest BCUT2D eigenvalue weighted by molar-refractivity contribution is -0.149. The van der Waals surface area contributed by atoms with Gasteiger partial charge in [-0.3, -0.25) is 4.79 Å². The number of benzene rings is 2. The molecule has 44 heavy (non-hydrogen) atoms. The van der Waals surface area contributed by atoms with Gasteiger partial charge in [-0.15, -0.1) is 13.2 Å². The molecule has 3 rings (SSSR count). The highest BCUT2D eigenvalue weighted by Gasteiger charge is 2.51. The van der Waals surface area contributed by atoms with E-state index >= 15 is 0 Å². The van der Waals surface area contributed by atoms with Crippen molar-refractivity contribution < 1.29 is 33.7 Å². The predicted octanol–water partition coefficient (Wildman–Crippen LogP) is 6.61. The summed E-state index contributed by atoms with van der Waals surface area (Å²) in [4.78, 5) is 40.6. The zero-order valence-electron chi connectivity index (χ0n) is 26.0. The van der Waals surface area contributed by atoms with E-state index in [9.17, 15) is 19.5 Å². The number of fused-ring (bicyclic) bond motifs is 1. The average Bonchev–Trinajstić information content (AvgIpc) is 3.44. The van der Waals surface area contributed by atoms with Gasteiger partial charge >= 0.3 is 12.1 Å². The van der Waals surface area contributed by atoms with Gasteiger partial charge in [0, 0.05) is 19.1 Å². The number of nitrogens with one attached hydrogen (secondary N) is 1. The minimum absolute atomic E-state index is 0.0144. The number of carboxylic acid groups (broad SMARTS) is 1. The lowest BCUT2D eigenvalue weighted by Crippen LogP contribution is -2.52. The van der Waals surface area contributed by atoms with E-state index < -0.39 is 35.7 Å². The molecule has 9 nitrogen and oxygen atoms in total. The molecule has 0 bridgehead atoms. The maximum absolute atomic E-state index is 14.0. The van der Waals surface area contributed by atoms with Gasteiger partial charge in [-0.2, -0.15) is 0 Å². The monoisotopic (exact) mass is 606 g/mol. The first kappa shape index (κ1) is 34.4. The van der Waals surface area contributed by atoms with Crippen LogP contribution in [-0.2, 0) is 24.7 Å². The Hall–Kier alpha value is -4.11. The molecule has 2 amide bonds. The molecule has 2 aromatic rings. The van der Waals surface area contributed by atoms with E-state index in [0.29, 0.717) is 25.0 Å². The fourth-order valence-corrected chi connectivity index (χ4v) is 5.72. The van der Waals surface area contributed by atoms with Gasteiger partial charge in [0.15, 0.2) is 0 Å². The number of nitrogens with zero attached hydrogens (tertiary/aromatic N) is 1. The van der Waals surface area contributed by atoms with Crippen molar-refractivity contribution in [3.05, 3.63) is 73.3 Å². The summed E-state index contributed by atoms with van der Waals surface area (Å²) in [7, 11) is 3.13. The van der Waals surface area contributed by atoms with Gasteiger partial charge in [0.1, 0.15) is 23.4 Å². The van der Waals surface area contributed by atoms with Gasteiger partial charge in [-0.05, 0) is 73.1 Å². The summed E-state index contributed by atoms with van der Waals surface area (Å²) < 4.78 is 16.8. The lowest BCUT2D eigenvalue weighted by Gasteiger charge is -2.30. The molecule has 0 radical (unpaired) electrons. The van der Waals surface area contributed by atoms with Gasteiger partial charge < -0.3 is 29.5 Å². The normalized spacial score (nSPS) is 18.4. The highest BCUT2D eigenvalue weighted by molar-refractivity contribution is 5.91. The zero-order chi connectivity index (χ0) is 32.1. The predicted molar refractivity (Wildman–Crippen MR) is 173 cm³/mol. The number of aliphatic carboxylic acids is 1. The molecule has 238 valence electrons. The van der Waals surface area contributed by atoms with Crippen molar-refractivity contribution in [3.8, 4) is 5.75 Å². The number of carbonyl (C=O) groups excluding carboxylic acids is 2. The number of hydrogen-bond donors (Lipinski definition) is 2. The number of allylic oxidation sites excluding steroid dienone is 2. The third-order valence-electron chi connectivity index (χ3n) is 8.25. The Kier molecular flexibility index (Phi) is 13.0. The number of unbranched alkanes of at least 4 members (excludes halogenated alkanes) is 5. The minimum Gasteiger partial charge on any atom is -0.496 e. The topological polar surface area (TPSA) is 114 Å². The first-order chi connectivity index (χ1) is 21.2. The van der Waals surface area contributed by atoms with Crippen molar-refractivity contribution in [3.63, 3.8) is 0 Å². The molecule has 0 spiro atoms. The molecular weight excluding hydrogens is 560 g/mol. The maximum Gasteiger partial charge on any atom is 0.407 e. The molecule has 2 aromatic carbocycles. The number of methoxy groups -OCH3 is 2. The quantitative estimate of drug-likeness (QED) is 0.145. The number of hydrogen-bond acceptors (Lipinski definition) is 6. The number of rotatable bonds is 18. The molecule has 0 saturated carbocycles. The van der Waals surface area contributed by atoms with Crippen LogP contribution in [-0.4, -0.2) is 67.4 Å². The fourth-order valence-electron chi connectivity index (χ4n) is 5.72. The molecule has 1 heterocycles. The van der Waals surface area contributed by atoms with Crippen LogP contribution in [0, 0.1) is 0 Å². The number of alkyl carbamates (subject to hydrolysis) is 1. The van der Waals surface area contributed by atoms with E-state index in [-0.39, 0.29) is 19.6 Å². The van der Waals surface area contributed by atoms with Crippen LogP contribution in [0.5, 0.6) is 5.75 Å². The van der Waals surface area contributed by atoms with Crippen LogP contribution in [0.3, 0.4) is 0 Å². The second-order valence-electron chi connectivity index (χ2n) is 11.1. The van der Waals surface area contributed by atoms with Crippen molar-refractivity contribution in [2.24, 2.45) is 0 Å². The van der Waals surface area contributed by atoms with Crippen molar-refractivity contribution in [2.75, 3.05) is 27.4 Å². The zero-order valence-corrected chi connectivity index (χ0v) is 26.0. The summed E-state index contributed by atoms with van der Waals surface area (Å²) in [5.41, 5.74) is 0.508. The second-order valence-corrected chi connectivity index (χ2v) is 11.1. The maximum atomic E-state index is 14.0. The van der Waals surface area contributed by atoms with Gasteiger partial charge in [0.05, 0.1) is 20.3 Å². The standard InChI is InChI=1S/C35H46N2O7/c1-6-9-11-13-14-16-29(36-34(41)44-19-15-12-10-7-2)32(38)37-24-35(43-5,23-30(37)33(39)40)28-18-17-26-22-31(42-4)25(8-3)20-27(26)21-28/h6-8,17-18,20-22,29-30H,1-3,9-16,19,23-24H2,4-5H3,(H,36,41)(H,39,40)/t29-,30-,35-/m0/s1. The molecule has 9 heteroatoms. The molecule has 2 N–H and O–H groups in total. The molecule has 1 fully saturated rings. The Morgan fingerprint density at radius 2 is 1.75 bits per heavy atom. The third kappa shape index (κ3) is 8.50. The van der Waals surface area contributed by atoms with Gasteiger partial charge in [0.2, 0.25) is 5.91 Å². The van der Waals surface area contributed by atoms with Crippen LogP contribution >= 0.6 is 0 Å². The summed E-state index contributed by atoms with van der Waals surface area (Å²) in [6.45, 7) is 11.5. The minimum atomic E-state index is -1.14.